The van der Waals surface area contributed by atoms with Crippen molar-refractivity contribution in [3.05, 3.63) is 65.9 Å². The maximum atomic E-state index is 13.6. The Hall–Kier alpha value is -5.39. The third-order valence-electron chi connectivity index (χ3n) is 12.1. The van der Waals surface area contributed by atoms with Crippen molar-refractivity contribution in [3.63, 3.8) is 0 Å². The molecule has 0 bridgehead atoms. The molecule has 5 aromatic rings. The normalized spacial score (nSPS) is 21.0. The molecule has 288 valence electrons. The zero-order chi connectivity index (χ0) is 38.4. The van der Waals surface area contributed by atoms with Gasteiger partial charge in [-0.1, -0.05) is 51.8 Å². The highest BCUT2D eigenvalue weighted by atomic mass is 16.5. The highest BCUT2D eigenvalue weighted by Crippen LogP contribution is 2.44. The Morgan fingerprint density at radius 1 is 0.964 bits per heavy atom. The number of amides is 3. The lowest BCUT2D eigenvalue weighted by Gasteiger charge is -2.30. The number of alkyl carbamates (subject to hydrolysis) is 1. The largest absolute Gasteiger partial charge is 0.488 e. The monoisotopic (exact) mass is 745 g/mol. The average molecular weight is 746 g/mol. The van der Waals surface area contributed by atoms with E-state index in [1.165, 1.54) is 7.11 Å². The number of methoxy groups -OCH3 is 1. The summed E-state index contributed by atoms with van der Waals surface area (Å²) in [6, 6.07) is 14.9. The standard InChI is InChI=1S/C43H51N7O5/c1-6-8-29-12-16-35(50(29)38(51)17-24(3)7-2)41-44-21-34(47-41)27-10-13-30-28(18-27)23-55-37-20-31-26(19-32(30)37)11-14-33-40(31)48-42(46-33)36-15-9-25(4)49(36)39(52)22-45-43(53)54-5/h10-11,13-14,18-21,24-25,29,35-36H,6-9,12,15-17,22-23H2,1-5H3,(H,44,47)(H,45,53)(H,46,48)/t24?,25-,29-,35?,36-/m0/s1. The van der Waals surface area contributed by atoms with E-state index in [2.05, 4.69) is 82.1 Å². The summed E-state index contributed by atoms with van der Waals surface area (Å²) in [7, 11) is 1.28. The number of benzene rings is 3. The Labute approximate surface area is 321 Å². The second-order valence-electron chi connectivity index (χ2n) is 15.6. The van der Waals surface area contributed by atoms with Crippen LogP contribution in [-0.4, -0.2) is 73.4 Å². The molecule has 5 atom stereocenters. The number of nitrogens with zero attached hydrogens (tertiary/aromatic N) is 4. The first kappa shape index (κ1) is 36.6. The first-order chi connectivity index (χ1) is 26.7. The number of fused-ring (bicyclic) bond motifs is 6. The predicted octanol–water partition coefficient (Wildman–Crippen LogP) is 8.34. The van der Waals surface area contributed by atoms with Gasteiger partial charge in [0.05, 0.1) is 42.1 Å². The number of carbonyl (C=O) groups excluding carboxylic acids is 3. The molecular weight excluding hydrogens is 695 g/mol. The molecule has 8 rings (SSSR count). The predicted molar refractivity (Wildman–Crippen MR) is 211 cm³/mol. The highest BCUT2D eigenvalue weighted by Gasteiger charge is 2.39. The Kier molecular flexibility index (Phi) is 10.00. The van der Waals surface area contributed by atoms with Gasteiger partial charge in [0.25, 0.3) is 0 Å². The van der Waals surface area contributed by atoms with Crippen molar-refractivity contribution in [3.8, 4) is 28.1 Å². The van der Waals surface area contributed by atoms with Crippen LogP contribution in [0, 0.1) is 5.92 Å². The molecule has 0 radical (unpaired) electrons. The molecular formula is C43H51N7O5. The molecule has 3 aromatic carbocycles. The van der Waals surface area contributed by atoms with Crippen molar-refractivity contribution in [2.24, 2.45) is 5.92 Å². The van der Waals surface area contributed by atoms with Gasteiger partial charge in [-0.2, -0.15) is 0 Å². The van der Waals surface area contributed by atoms with Crippen molar-refractivity contribution in [1.29, 1.82) is 0 Å². The Morgan fingerprint density at radius 3 is 2.58 bits per heavy atom. The quantitative estimate of drug-likeness (QED) is 0.130. The van der Waals surface area contributed by atoms with E-state index in [-0.39, 0.29) is 42.5 Å². The van der Waals surface area contributed by atoms with E-state index in [1.54, 1.807) is 0 Å². The summed E-state index contributed by atoms with van der Waals surface area (Å²) >= 11 is 0. The number of ether oxygens (including phenoxy) is 2. The van der Waals surface area contributed by atoms with Gasteiger partial charge in [-0.25, -0.2) is 14.8 Å². The van der Waals surface area contributed by atoms with E-state index in [0.717, 1.165) is 112 Å². The maximum Gasteiger partial charge on any atom is 0.407 e. The number of likely N-dealkylation sites (tertiary alicyclic amines) is 2. The van der Waals surface area contributed by atoms with Gasteiger partial charge in [-0.05, 0) is 91.3 Å². The number of hydrogen-bond donors (Lipinski definition) is 3. The fraction of sp³-hybridized carbons (Fsp3) is 0.465. The van der Waals surface area contributed by atoms with Gasteiger partial charge >= 0.3 is 6.09 Å². The molecule has 2 unspecified atom stereocenters. The Morgan fingerprint density at radius 2 is 1.78 bits per heavy atom. The van der Waals surface area contributed by atoms with Crippen molar-refractivity contribution < 1.29 is 23.9 Å². The molecule has 3 amide bonds. The van der Waals surface area contributed by atoms with Crippen LogP contribution >= 0.6 is 0 Å². The van der Waals surface area contributed by atoms with E-state index in [9.17, 15) is 14.4 Å². The number of hydrogen-bond acceptors (Lipinski definition) is 7. The number of H-pyrrole nitrogens is 2. The SMILES string of the molecule is CCC[C@H]1CCC(c2ncc(-c3ccc4c(c3)COc3cc5c(ccc6[nH]c([C@@H]7CC[C@H](C)N7C(=O)CNC(=O)OC)nc65)cc3-4)[nH]2)N1C(=O)CC(C)CC. The number of carbonyl (C=O) groups is 3. The fourth-order valence-electron chi connectivity index (χ4n) is 8.96. The molecule has 0 saturated carbocycles. The van der Waals surface area contributed by atoms with Crippen LogP contribution in [0.2, 0.25) is 0 Å². The van der Waals surface area contributed by atoms with E-state index in [0.29, 0.717) is 18.9 Å². The van der Waals surface area contributed by atoms with Gasteiger partial charge in [-0.15, -0.1) is 0 Å². The Bertz CT molecular complexity index is 2260. The Balaban J connectivity index is 1.04. The van der Waals surface area contributed by atoms with E-state index < -0.39 is 6.09 Å². The van der Waals surface area contributed by atoms with Crippen LogP contribution < -0.4 is 10.1 Å². The zero-order valence-corrected chi connectivity index (χ0v) is 32.4. The fourth-order valence-corrected chi connectivity index (χ4v) is 8.96. The van der Waals surface area contributed by atoms with E-state index >= 15 is 0 Å². The smallest absolute Gasteiger partial charge is 0.407 e. The van der Waals surface area contributed by atoms with Crippen LogP contribution in [0.5, 0.6) is 5.75 Å². The minimum atomic E-state index is -0.633. The molecule has 2 saturated heterocycles. The number of rotatable bonds is 10. The maximum absolute atomic E-state index is 13.6. The second kappa shape index (κ2) is 15.0. The summed E-state index contributed by atoms with van der Waals surface area (Å²) in [6.07, 6.45) is 8.46. The van der Waals surface area contributed by atoms with Crippen LogP contribution in [0.1, 0.15) is 108 Å². The topological polar surface area (TPSA) is 146 Å². The summed E-state index contributed by atoms with van der Waals surface area (Å²) in [6.45, 7) is 8.82. The molecule has 12 nitrogen and oxygen atoms in total. The van der Waals surface area contributed by atoms with Crippen molar-refractivity contribution in [2.45, 2.75) is 110 Å². The second-order valence-corrected chi connectivity index (χ2v) is 15.6. The van der Waals surface area contributed by atoms with Gasteiger partial charge in [-0.3, -0.25) is 9.59 Å². The summed E-state index contributed by atoms with van der Waals surface area (Å²) in [4.78, 5) is 59.3. The van der Waals surface area contributed by atoms with Gasteiger partial charge < -0.3 is 34.6 Å². The molecule has 0 aliphatic carbocycles. The number of nitrogens with one attached hydrogen (secondary N) is 3. The molecule has 12 heteroatoms. The molecule has 2 fully saturated rings. The summed E-state index contributed by atoms with van der Waals surface area (Å²) < 4.78 is 11.1. The number of aromatic nitrogens is 4. The molecule has 3 N–H and O–H groups in total. The van der Waals surface area contributed by atoms with Crippen LogP contribution in [0.25, 0.3) is 44.2 Å². The third kappa shape index (κ3) is 6.80. The van der Waals surface area contributed by atoms with Crippen LogP contribution in [0.4, 0.5) is 4.79 Å². The minimum absolute atomic E-state index is 0.0178. The number of aromatic amines is 2. The van der Waals surface area contributed by atoms with Crippen LogP contribution in [0.15, 0.2) is 48.7 Å². The molecule has 0 spiro atoms. The van der Waals surface area contributed by atoms with Gasteiger partial charge in [0.1, 0.15) is 30.5 Å². The van der Waals surface area contributed by atoms with E-state index in [1.807, 2.05) is 24.1 Å². The molecule has 2 aromatic heterocycles. The third-order valence-corrected chi connectivity index (χ3v) is 12.1. The van der Waals surface area contributed by atoms with Crippen molar-refractivity contribution in [2.75, 3.05) is 13.7 Å². The van der Waals surface area contributed by atoms with Crippen LogP contribution in [0.3, 0.4) is 0 Å². The van der Waals surface area contributed by atoms with Crippen LogP contribution in [-0.2, 0) is 20.9 Å². The molecule has 3 aliphatic rings. The lowest BCUT2D eigenvalue weighted by atomic mass is 9.92. The van der Waals surface area contributed by atoms with Gasteiger partial charge in [0, 0.05) is 29.5 Å². The first-order valence-corrected chi connectivity index (χ1v) is 19.9. The molecule has 3 aliphatic heterocycles. The van der Waals surface area contributed by atoms with Gasteiger partial charge in [0.2, 0.25) is 11.8 Å². The zero-order valence-electron chi connectivity index (χ0n) is 32.4. The van der Waals surface area contributed by atoms with Crippen molar-refractivity contribution in [1.82, 2.24) is 35.1 Å². The highest BCUT2D eigenvalue weighted by molar-refractivity contribution is 6.07. The summed E-state index contributed by atoms with van der Waals surface area (Å²) in [5.41, 5.74) is 6.95. The van der Waals surface area contributed by atoms with Gasteiger partial charge in [0.15, 0.2) is 0 Å². The minimum Gasteiger partial charge on any atom is -0.488 e. The molecule has 55 heavy (non-hydrogen) atoms. The summed E-state index contributed by atoms with van der Waals surface area (Å²) in [5, 5.41) is 4.54. The summed E-state index contributed by atoms with van der Waals surface area (Å²) in [5.74, 6) is 2.83. The van der Waals surface area contributed by atoms with E-state index in [4.69, 9.17) is 14.7 Å². The average Bonchev–Trinajstić information content (AvgIpc) is 4.01. The lowest BCUT2D eigenvalue weighted by molar-refractivity contribution is -0.135. The lowest BCUT2D eigenvalue weighted by Crippen LogP contribution is -2.43. The van der Waals surface area contributed by atoms with Crippen molar-refractivity contribution >= 4 is 39.7 Å². The first-order valence-electron chi connectivity index (χ1n) is 19.9. The number of imidazole rings is 2. The molecule has 5 heterocycles.